The van der Waals surface area contributed by atoms with Gasteiger partial charge < -0.3 is 14.9 Å². The molecule has 0 aliphatic rings. The molecule has 1 atom stereocenters. The van der Waals surface area contributed by atoms with E-state index in [0.717, 1.165) is 0 Å². The molecule has 0 spiro atoms. The minimum Gasteiger partial charge on any atom is -0.347 e. The van der Waals surface area contributed by atoms with Gasteiger partial charge in [0.15, 0.2) is 0 Å². The lowest BCUT2D eigenvalue weighted by Crippen LogP contribution is -2.29. The molecule has 8 heteroatoms. The van der Waals surface area contributed by atoms with Crippen LogP contribution in [0, 0.1) is 10.1 Å². The SMILES string of the molecule is CCn1cc([N+](=O)[O-])cc1C(=O)NC(C)c1ncc[nH]1. The molecule has 0 aromatic carbocycles. The molecule has 106 valence electrons. The summed E-state index contributed by atoms with van der Waals surface area (Å²) in [5.74, 6) is 0.256. The van der Waals surface area contributed by atoms with Crippen LogP contribution in [0.3, 0.4) is 0 Å². The highest BCUT2D eigenvalue weighted by Crippen LogP contribution is 2.17. The Morgan fingerprint density at radius 2 is 2.40 bits per heavy atom. The van der Waals surface area contributed by atoms with Crippen LogP contribution in [0.5, 0.6) is 0 Å². The highest BCUT2D eigenvalue weighted by Gasteiger charge is 2.20. The molecule has 0 aliphatic carbocycles. The van der Waals surface area contributed by atoms with Crippen LogP contribution in [0.1, 0.15) is 36.2 Å². The van der Waals surface area contributed by atoms with Crippen molar-refractivity contribution >= 4 is 11.6 Å². The van der Waals surface area contributed by atoms with Crippen LogP contribution in [0.15, 0.2) is 24.7 Å². The Bertz CT molecular complexity index is 617. The van der Waals surface area contributed by atoms with Crippen LogP contribution in [0.25, 0.3) is 0 Å². The van der Waals surface area contributed by atoms with Crippen LogP contribution in [0.4, 0.5) is 5.69 Å². The van der Waals surface area contributed by atoms with E-state index in [1.54, 1.807) is 23.9 Å². The lowest BCUT2D eigenvalue weighted by Gasteiger charge is -2.12. The van der Waals surface area contributed by atoms with Crippen LogP contribution in [-0.4, -0.2) is 25.4 Å². The molecule has 2 N–H and O–H groups in total. The Morgan fingerprint density at radius 3 is 2.95 bits per heavy atom. The number of H-pyrrole nitrogens is 1. The molecule has 2 rings (SSSR count). The van der Waals surface area contributed by atoms with Crippen molar-refractivity contribution in [3.05, 3.63) is 46.3 Å². The van der Waals surface area contributed by atoms with Gasteiger partial charge in [-0.15, -0.1) is 0 Å². The fourth-order valence-corrected chi connectivity index (χ4v) is 1.90. The second kappa shape index (κ2) is 5.55. The van der Waals surface area contributed by atoms with E-state index in [1.807, 2.05) is 6.92 Å². The van der Waals surface area contributed by atoms with Crippen molar-refractivity contribution in [1.82, 2.24) is 19.9 Å². The summed E-state index contributed by atoms with van der Waals surface area (Å²) in [6.07, 6.45) is 4.61. The Kier molecular flexibility index (Phi) is 3.83. The summed E-state index contributed by atoms with van der Waals surface area (Å²) in [6.45, 7) is 4.08. The molecule has 2 aromatic heterocycles. The van der Waals surface area contributed by atoms with Gasteiger partial charge in [-0.05, 0) is 13.8 Å². The molecule has 0 saturated heterocycles. The van der Waals surface area contributed by atoms with E-state index in [2.05, 4.69) is 15.3 Å². The molecule has 20 heavy (non-hydrogen) atoms. The van der Waals surface area contributed by atoms with Gasteiger partial charge in [0.2, 0.25) is 0 Å². The number of nitro groups is 1. The van der Waals surface area contributed by atoms with Crippen LogP contribution >= 0.6 is 0 Å². The monoisotopic (exact) mass is 277 g/mol. The molecular formula is C12H15N5O3. The number of imidazole rings is 1. The smallest absolute Gasteiger partial charge is 0.287 e. The maximum atomic E-state index is 12.2. The maximum absolute atomic E-state index is 12.2. The van der Waals surface area contributed by atoms with E-state index in [1.165, 1.54) is 12.3 Å². The van der Waals surface area contributed by atoms with Gasteiger partial charge in [-0.25, -0.2) is 4.98 Å². The average molecular weight is 277 g/mol. The first-order chi connectivity index (χ1) is 9.52. The highest BCUT2D eigenvalue weighted by molar-refractivity contribution is 5.93. The third kappa shape index (κ3) is 2.68. The number of amides is 1. The van der Waals surface area contributed by atoms with Crippen molar-refractivity contribution in [1.29, 1.82) is 0 Å². The minimum absolute atomic E-state index is 0.0948. The minimum atomic E-state index is -0.515. The summed E-state index contributed by atoms with van der Waals surface area (Å²) < 4.78 is 1.54. The van der Waals surface area contributed by atoms with E-state index >= 15 is 0 Å². The molecule has 1 unspecified atom stereocenters. The summed E-state index contributed by atoms with van der Waals surface area (Å²) in [7, 11) is 0. The zero-order valence-electron chi connectivity index (χ0n) is 11.2. The van der Waals surface area contributed by atoms with Crippen LogP contribution in [0.2, 0.25) is 0 Å². The first-order valence-corrected chi connectivity index (χ1v) is 6.17. The van der Waals surface area contributed by atoms with E-state index in [-0.39, 0.29) is 23.3 Å². The first kappa shape index (κ1) is 13.8. The number of hydrogen-bond donors (Lipinski definition) is 2. The van der Waals surface area contributed by atoms with Gasteiger partial charge >= 0.3 is 0 Å². The molecular weight excluding hydrogens is 262 g/mol. The van der Waals surface area contributed by atoms with Crippen LogP contribution < -0.4 is 5.32 Å². The van der Waals surface area contributed by atoms with Gasteiger partial charge in [-0.3, -0.25) is 14.9 Å². The zero-order chi connectivity index (χ0) is 14.7. The lowest BCUT2D eigenvalue weighted by atomic mass is 10.3. The second-order valence-corrected chi connectivity index (χ2v) is 4.30. The summed E-state index contributed by atoms with van der Waals surface area (Å²) in [5.41, 5.74) is 0.167. The molecule has 0 fully saturated rings. The molecule has 8 nitrogen and oxygen atoms in total. The third-order valence-corrected chi connectivity index (χ3v) is 2.94. The Balaban J connectivity index is 2.18. The molecule has 0 radical (unpaired) electrons. The number of aromatic nitrogens is 3. The Labute approximate surface area is 115 Å². The van der Waals surface area contributed by atoms with Crippen molar-refractivity contribution in [3.8, 4) is 0 Å². The molecule has 0 saturated carbocycles. The molecule has 0 bridgehead atoms. The highest BCUT2D eigenvalue weighted by atomic mass is 16.6. The fourth-order valence-electron chi connectivity index (χ4n) is 1.90. The van der Waals surface area contributed by atoms with Crippen molar-refractivity contribution in [3.63, 3.8) is 0 Å². The van der Waals surface area contributed by atoms with Crippen molar-refractivity contribution in [2.24, 2.45) is 0 Å². The van der Waals surface area contributed by atoms with Crippen LogP contribution in [-0.2, 0) is 6.54 Å². The first-order valence-electron chi connectivity index (χ1n) is 6.17. The number of aryl methyl sites for hydroxylation is 1. The van der Waals surface area contributed by atoms with Crippen molar-refractivity contribution in [2.45, 2.75) is 26.4 Å². The van der Waals surface area contributed by atoms with E-state index < -0.39 is 4.92 Å². The van der Waals surface area contributed by atoms with Gasteiger partial charge in [0, 0.05) is 25.0 Å². The van der Waals surface area contributed by atoms with E-state index in [4.69, 9.17) is 0 Å². The third-order valence-electron chi connectivity index (χ3n) is 2.94. The Hall–Kier alpha value is -2.64. The number of carbonyl (C=O) groups excluding carboxylic acids is 1. The quantitative estimate of drug-likeness (QED) is 0.639. The summed E-state index contributed by atoms with van der Waals surface area (Å²) in [5, 5.41) is 13.5. The average Bonchev–Trinajstić information content (AvgIpc) is 3.07. The standard InChI is InChI=1S/C12H15N5O3/c1-3-16-7-9(17(19)20)6-10(16)12(18)15-8(2)11-13-4-5-14-11/h4-8H,3H2,1-2H3,(H,13,14)(H,15,18). The van der Waals surface area contributed by atoms with Crippen molar-refractivity contribution < 1.29 is 9.72 Å². The number of nitrogens with one attached hydrogen (secondary N) is 2. The number of carbonyl (C=O) groups is 1. The van der Waals surface area contributed by atoms with Gasteiger partial charge in [0.25, 0.3) is 11.6 Å². The predicted molar refractivity (Wildman–Crippen MR) is 71.2 cm³/mol. The number of aromatic amines is 1. The van der Waals surface area contributed by atoms with Gasteiger partial charge in [-0.1, -0.05) is 0 Å². The maximum Gasteiger partial charge on any atom is 0.287 e. The van der Waals surface area contributed by atoms with Crippen molar-refractivity contribution in [2.75, 3.05) is 0 Å². The number of nitrogens with zero attached hydrogens (tertiary/aromatic N) is 3. The van der Waals surface area contributed by atoms with E-state index in [0.29, 0.717) is 12.4 Å². The van der Waals surface area contributed by atoms with E-state index in [9.17, 15) is 14.9 Å². The largest absolute Gasteiger partial charge is 0.347 e. The topological polar surface area (TPSA) is 106 Å². The number of rotatable bonds is 5. The second-order valence-electron chi connectivity index (χ2n) is 4.30. The predicted octanol–water partition coefficient (Wildman–Crippen LogP) is 1.63. The summed E-state index contributed by atoms with van der Waals surface area (Å²) in [4.78, 5) is 29.4. The lowest BCUT2D eigenvalue weighted by molar-refractivity contribution is -0.384. The zero-order valence-corrected chi connectivity index (χ0v) is 11.2. The van der Waals surface area contributed by atoms with Gasteiger partial charge in [0.1, 0.15) is 11.5 Å². The molecule has 2 aromatic rings. The fraction of sp³-hybridized carbons (Fsp3) is 0.333. The molecule has 2 heterocycles. The number of hydrogen-bond acceptors (Lipinski definition) is 4. The molecule has 1 amide bonds. The Morgan fingerprint density at radius 1 is 1.65 bits per heavy atom. The summed E-state index contributed by atoms with van der Waals surface area (Å²) >= 11 is 0. The normalized spacial score (nSPS) is 12.1. The van der Waals surface area contributed by atoms with Gasteiger partial charge in [0.05, 0.1) is 17.2 Å². The van der Waals surface area contributed by atoms with Gasteiger partial charge in [-0.2, -0.15) is 0 Å². The summed E-state index contributed by atoms with van der Waals surface area (Å²) in [6, 6.07) is 0.963. The molecule has 0 aliphatic heterocycles.